The van der Waals surface area contributed by atoms with Crippen molar-refractivity contribution in [3.63, 3.8) is 0 Å². The highest BCUT2D eigenvalue weighted by molar-refractivity contribution is 5.81. The molecule has 1 aromatic heterocycles. The van der Waals surface area contributed by atoms with Gasteiger partial charge in [-0.25, -0.2) is 0 Å². The minimum atomic E-state index is 0.0824. The van der Waals surface area contributed by atoms with Crippen LogP contribution in [0.3, 0.4) is 0 Å². The Kier molecular flexibility index (Phi) is 4.00. The molecule has 2 N–H and O–H groups in total. The van der Waals surface area contributed by atoms with E-state index >= 15 is 0 Å². The van der Waals surface area contributed by atoms with Crippen molar-refractivity contribution in [2.45, 2.75) is 44.9 Å². The molecule has 1 aliphatic carbocycles. The van der Waals surface area contributed by atoms with Gasteiger partial charge in [-0.2, -0.15) is 0 Å². The van der Waals surface area contributed by atoms with Gasteiger partial charge in [-0.15, -0.1) is 0 Å². The number of carbonyl (C=O) groups is 1. The molecule has 94 valence electrons. The molecule has 1 aromatic rings. The standard InChI is InChI=1S/C14H21NO2/c15-11-14(5-2-1-3-6-14)9-13(16)8-12-4-7-17-10-12/h4,7,10H,1-3,5-6,8-9,11,15H2. The number of furan rings is 1. The maximum absolute atomic E-state index is 12.0. The van der Waals surface area contributed by atoms with E-state index in [-0.39, 0.29) is 5.41 Å². The van der Waals surface area contributed by atoms with Crippen molar-refractivity contribution in [3.8, 4) is 0 Å². The lowest BCUT2D eigenvalue weighted by Gasteiger charge is -2.35. The van der Waals surface area contributed by atoms with E-state index in [9.17, 15) is 4.79 Å². The third-order valence-corrected chi connectivity index (χ3v) is 3.90. The van der Waals surface area contributed by atoms with Gasteiger partial charge in [0.1, 0.15) is 5.78 Å². The predicted molar refractivity (Wildman–Crippen MR) is 66.6 cm³/mol. The second-order valence-electron chi connectivity index (χ2n) is 5.29. The van der Waals surface area contributed by atoms with Crippen LogP contribution in [0.1, 0.15) is 44.1 Å². The highest BCUT2D eigenvalue weighted by atomic mass is 16.3. The quantitative estimate of drug-likeness (QED) is 0.853. The Labute approximate surface area is 102 Å². The summed E-state index contributed by atoms with van der Waals surface area (Å²) in [5.41, 5.74) is 6.94. The molecule has 0 unspecified atom stereocenters. The Morgan fingerprint density at radius 3 is 2.71 bits per heavy atom. The van der Waals surface area contributed by atoms with Crippen LogP contribution in [0.4, 0.5) is 0 Å². The zero-order chi connectivity index (χ0) is 12.1. The highest BCUT2D eigenvalue weighted by Crippen LogP contribution is 2.38. The lowest BCUT2D eigenvalue weighted by molar-refractivity contribution is -0.121. The number of ketones is 1. The SMILES string of the molecule is NCC1(CC(=O)Cc2ccoc2)CCCCC1. The molecule has 3 nitrogen and oxygen atoms in total. The van der Waals surface area contributed by atoms with Crippen molar-refractivity contribution in [2.24, 2.45) is 11.1 Å². The van der Waals surface area contributed by atoms with Crippen molar-refractivity contribution >= 4 is 5.78 Å². The van der Waals surface area contributed by atoms with Gasteiger partial charge in [0.15, 0.2) is 0 Å². The zero-order valence-corrected chi connectivity index (χ0v) is 10.3. The average molecular weight is 235 g/mol. The number of carbonyl (C=O) groups excluding carboxylic acids is 1. The van der Waals surface area contributed by atoms with Crippen LogP contribution in [0, 0.1) is 5.41 Å². The third-order valence-electron chi connectivity index (χ3n) is 3.90. The molecule has 2 rings (SSSR count). The molecule has 0 saturated heterocycles. The van der Waals surface area contributed by atoms with E-state index in [0.29, 0.717) is 25.2 Å². The number of rotatable bonds is 5. The van der Waals surface area contributed by atoms with Crippen molar-refractivity contribution in [3.05, 3.63) is 24.2 Å². The summed E-state index contributed by atoms with van der Waals surface area (Å²) < 4.78 is 4.98. The smallest absolute Gasteiger partial charge is 0.137 e. The number of hydrogen-bond donors (Lipinski definition) is 1. The monoisotopic (exact) mass is 235 g/mol. The molecular formula is C14H21NO2. The molecule has 1 saturated carbocycles. The zero-order valence-electron chi connectivity index (χ0n) is 10.3. The van der Waals surface area contributed by atoms with Gasteiger partial charge >= 0.3 is 0 Å². The fourth-order valence-corrected chi connectivity index (χ4v) is 2.86. The number of nitrogens with two attached hydrogens (primary N) is 1. The molecule has 3 heteroatoms. The van der Waals surface area contributed by atoms with E-state index in [1.807, 2.05) is 6.07 Å². The molecule has 0 aromatic carbocycles. The largest absolute Gasteiger partial charge is 0.472 e. The fraction of sp³-hybridized carbons (Fsp3) is 0.643. The van der Waals surface area contributed by atoms with Crippen LogP contribution in [0.15, 0.2) is 23.0 Å². The van der Waals surface area contributed by atoms with E-state index < -0.39 is 0 Å². The highest BCUT2D eigenvalue weighted by Gasteiger charge is 2.32. The Morgan fingerprint density at radius 2 is 2.12 bits per heavy atom. The summed E-state index contributed by atoms with van der Waals surface area (Å²) in [4.78, 5) is 12.0. The van der Waals surface area contributed by atoms with Gasteiger partial charge < -0.3 is 10.2 Å². The first-order valence-corrected chi connectivity index (χ1v) is 6.47. The summed E-state index contributed by atoms with van der Waals surface area (Å²) >= 11 is 0. The van der Waals surface area contributed by atoms with Gasteiger partial charge in [0.2, 0.25) is 0 Å². The van der Waals surface area contributed by atoms with E-state index in [4.69, 9.17) is 10.2 Å². The minimum Gasteiger partial charge on any atom is -0.472 e. The number of Topliss-reactive ketones (excluding diaryl/α,β-unsaturated/α-hetero) is 1. The lowest BCUT2D eigenvalue weighted by Crippen LogP contribution is -2.35. The maximum atomic E-state index is 12.0. The first-order chi connectivity index (χ1) is 8.24. The van der Waals surface area contributed by atoms with Crippen LogP contribution in [0.2, 0.25) is 0 Å². The van der Waals surface area contributed by atoms with Crippen LogP contribution in [-0.4, -0.2) is 12.3 Å². The van der Waals surface area contributed by atoms with Crippen molar-refractivity contribution in [2.75, 3.05) is 6.54 Å². The third kappa shape index (κ3) is 3.19. The van der Waals surface area contributed by atoms with Gasteiger partial charge in [-0.3, -0.25) is 4.79 Å². The van der Waals surface area contributed by atoms with Crippen LogP contribution >= 0.6 is 0 Å². The molecule has 1 fully saturated rings. The molecule has 1 aliphatic rings. The van der Waals surface area contributed by atoms with Gasteiger partial charge in [0.05, 0.1) is 12.5 Å². The summed E-state index contributed by atoms with van der Waals surface area (Å²) in [5.74, 6) is 0.291. The normalized spacial score (nSPS) is 19.1. The van der Waals surface area contributed by atoms with Gasteiger partial charge in [-0.1, -0.05) is 19.3 Å². The summed E-state index contributed by atoms with van der Waals surface area (Å²) in [6.45, 7) is 0.643. The topological polar surface area (TPSA) is 56.2 Å². The van der Waals surface area contributed by atoms with Crippen LogP contribution < -0.4 is 5.73 Å². The first-order valence-electron chi connectivity index (χ1n) is 6.47. The molecule has 0 atom stereocenters. The summed E-state index contributed by atoms with van der Waals surface area (Å²) in [6, 6.07) is 1.86. The Morgan fingerprint density at radius 1 is 1.35 bits per heavy atom. The van der Waals surface area contributed by atoms with Gasteiger partial charge in [0.25, 0.3) is 0 Å². The van der Waals surface area contributed by atoms with Gasteiger partial charge in [0, 0.05) is 12.8 Å². The van der Waals surface area contributed by atoms with Crippen molar-refractivity contribution in [1.82, 2.24) is 0 Å². The molecule has 0 radical (unpaired) electrons. The van der Waals surface area contributed by atoms with Crippen LogP contribution in [0.5, 0.6) is 0 Å². The average Bonchev–Trinajstić information content (AvgIpc) is 2.83. The maximum Gasteiger partial charge on any atom is 0.137 e. The van der Waals surface area contributed by atoms with Crippen LogP contribution in [-0.2, 0) is 11.2 Å². The van der Waals surface area contributed by atoms with E-state index in [1.165, 1.54) is 19.3 Å². The number of hydrogen-bond acceptors (Lipinski definition) is 3. The van der Waals surface area contributed by atoms with E-state index in [1.54, 1.807) is 12.5 Å². The van der Waals surface area contributed by atoms with Crippen LogP contribution in [0.25, 0.3) is 0 Å². The predicted octanol–water partition coefficient (Wildman–Crippen LogP) is 2.69. The Bertz CT molecular complexity index is 350. The summed E-state index contributed by atoms with van der Waals surface area (Å²) in [5, 5.41) is 0. The summed E-state index contributed by atoms with van der Waals surface area (Å²) in [6.07, 6.45) is 10.3. The Hall–Kier alpha value is -1.09. The van der Waals surface area contributed by atoms with Crippen molar-refractivity contribution in [1.29, 1.82) is 0 Å². The second kappa shape index (κ2) is 5.50. The molecule has 1 heterocycles. The molecular weight excluding hydrogens is 214 g/mol. The minimum absolute atomic E-state index is 0.0824. The van der Waals surface area contributed by atoms with E-state index in [2.05, 4.69) is 0 Å². The first kappa shape index (κ1) is 12.4. The molecule has 17 heavy (non-hydrogen) atoms. The summed E-state index contributed by atoms with van der Waals surface area (Å²) in [7, 11) is 0. The fourth-order valence-electron chi connectivity index (χ4n) is 2.86. The van der Waals surface area contributed by atoms with Crippen molar-refractivity contribution < 1.29 is 9.21 Å². The molecule has 0 amide bonds. The van der Waals surface area contributed by atoms with Gasteiger partial charge in [-0.05, 0) is 36.4 Å². The second-order valence-corrected chi connectivity index (χ2v) is 5.29. The lowest BCUT2D eigenvalue weighted by atomic mass is 9.70. The molecule has 0 aliphatic heterocycles. The van der Waals surface area contributed by atoms with E-state index in [0.717, 1.165) is 18.4 Å². The molecule has 0 spiro atoms. The Balaban J connectivity index is 1.91. The molecule has 0 bridgehead atoms.